The van der Waals surface area contributed by atoms with E-state index in [0.717, 1.165) is 23.3 Å². The summed E-state index contributed by atoms with van der Waals surface area (Å²) >= 11 is 0. The van der Waals surface area contributed by atoms with E-state index < -0.39 is 21.7 Å². The molecular formula is C14H13F2NO2S. The van der Waals surface area contributed by atoms with Crippen molar-refractivity contribution in [3.63, 3.8) is 0 Å². The van der Waals surface area contributed by atoms with Gasteiger partial charge in [0.1, 0.15) is 0 Å². The van der Waals surface area contributed by atoms with E-state index in [0.29, 0.717) is 6.07 Å². The number of hydrogen-bond acceptors (Lipinski definition) is 2. The van der Waals surface area contributed by atoms with Crippen LogP contribution in [-0.2, 0) is 16.6 Å². The highest BCUT2D eigenvalue weighted by atomic mass is 32.2. The van der Waals surface area contributed by atoms with Crippen LogP contribution in [0.15, 0.2) is 47.4 Å². The summed E-state index contributed by atoms with van der Waals surface area (Å²) in [5.74, 6) is -2.27. The fraction of sp³-hybridized carbons (Fsp3) is 0.143. The van der Waals surface area contributed by atoms with Gasteiger partial charge in [-0.25, -0.2) is 21.9 Å². The maximum absolute atomic E-state index is 13.1. The van der Waals surface area contributed by atoms with Crippen LogP contribution >= 0.6 is 0 Å². The van der Waals surface area contributed by atoms with Crippen LogP contribution in [0.2, 0.25) is 0 Å². The van der Waals surface area contributed by atoms with Gasteiger partial charge in [-0.2, -0.15) is 0 Å². The maximum Gasteiger partial charge on any atom is 0.240 e. The first-order valence-electron chi connectivity index (χ1n) is 5.89. The van der Waals surface area contributed by atoms with Gasteiger partial charge in [-0.05, 0) is 30.7 Å². The van der Waals surface area contributed by atoms with Crippen molar-refractivity contribution in [1.82, 2.24) is 4.72 Å². The SMILES string of the molecule is Cc1cccc(CNS(=O)(=O)c2ccc(F)c(F)c2)c1. The van der Waals surface area contributed by atoms with Crippen molar-refractivity contribution in [1.29, 1.82) is 0 Å². The van der Waals surface area contributed by atoms with E-state index in [9.17, 15) is 17.2 Å². The van der Waals surface area contributed by atoms with E-state index in [2.05, 4.69) is 4.72 Å². The van der Waals surface area contributed by atoms with Gasteiger partial charge >= 0.3 is 0 Å². The molecule has 0 fully saturated rings. The first-order valence-corrected chi connectivity index (χ1v) is 7.37. The van der Waals surface area contributed by atoms with E-state index in [1.807, 2.05) is 25.1 Å². The lowest BCUT2D eigenvalue weighted by atomic mass is 10.1. The summed E-state index contributed by atoms with van der Waals surface area (Å²) in [4.78, 5) is -0.302. The normalized spacial score (nSPS) is 11.6. The average Bonchev–Trinajstić information content (AvgIpc) is 2.40. The van der Waals surface area contributed by atoms with Crippen LogP contribution in [0.3, 0.4) is 0 Å². The molecule has 0 bridgehead atoms. The van der Waals surface area contributed by atoms with Crippen LogP contribution in [0.25, 0.3) is 0 Å². The molecule has 0 aliphatic carbocycles. The van der Waals surface area contributed by atoms with Gasteiger partial charge in [0.05, 0.1) is 4.90 Å². The largest absolute Gasteiger partial charge is 0.240 e. The molecular weight excluding hydrogens is 284 g/mol. The van der Waals surface area contributed by atoms with Gasteiger partial charge in [0.25, 0.3) is 0 Å². The molecule has 3 nitrogen and oxygen atoms in total. The van der Waals surface area contributed by atoms with Crippen LogP contribution in [0.5, 0.6) is 0 Å². The lowest BCUT2D eigenvalue weighted by molar-refractivity contribution is 0.504. The molecule has 0 saturated carbocycles. The zero-order chi connectivity index (χ0) is 14.8. The molecule has 2 rings (SSSR count). The molecule has 0 spiro atoms. The average molecular weight is 297 g/mol. The third-order valence-corrected chi connectivity index (χ3v) is 4.15. The van der Waals surface area contributed by atoms with Crippen molar-refractivity contribution in [2.24, 2.45) is 0 Å². The number of sulfonamides is 1. The molecule has 0 aliphatic rings. The molecule has 0 aliphatic heterocycles. The summed E-state index contributed by atoms with van der Waals surface area (Å²) in [5, 5.41) is 0. The minimum atomic E-state index is -3.87. The molecule has 1 N–H and O–H groups in total. The number of nitrogens with one attached hydrogen (secondary N) is 1. The second kappa shape index (κ2) is 5.68. The Labute approximate surface area is 116 Å². The Morgan fingerprint density at radius 1 is 1.05 bits per heavy atom. The van der Waals surface area contributed by atoms with E-state index in [4.69, 9.17) is 0 Å². The predicted molar refractivity (Wildman–Crippen MR) is 71.6 cm³/mol. The monoisotopic (exact) mass is 297 g/mol. The van der Waals surface area contributed by atoms with Crippen molar-refractivity contribution in [2.45, 2.75) is 18.4 Å². The number of halogens is 2. The predicted octanol–water partition coefficient (Wildman–Crippen LogP) is 2.75. The van der Waals surface area contributed by atoms with Crippen LogP contribution in [0.1, 0.15) is 11.1 Å². The Morgan fingerprint density at radius 3 is 2.45 bits per heavy atom. The Morgan fingerprint density at radius 2 is 1.80 bits per heavy atom. The van der Waals surface area contributed by atoms with E-state index in [-0.39, 0.29) is 11.4 Å². The number of aryl methyl sites for hydroxylation is 1. The zero-order valence-corrected chi connectivity index (χ0v) is 11.5. The molecule has 0 saturated heterocycles. The molecule has 0 unspecified atom stereocenters. The van der Waals surface area contributed by atoms with Gasteiger partial charge in [-0.3, -0.25) is 0 Å². The second-order valence-corrected chi connectivity index (χ2v) is 6.16. The van der Waals surface area contributed by atoms with Crippen molar-refractivity contribution in [2.75, 3.05) is 0 Å². The van der Waals surface area contributed by atoms with Gasteiger partial charge in [-0.1, -0.05) is 29.8 Å². The van der Waals surface area contributed by atoms with Gasteiger partial charge in [0, 0.05) is 6.54 Å². The van der Waals surface area contributed by atoms with Gasteiger partial charge in [-0.15, -0.1) is 0 Å². The summed E-state index contributed by atoms with van der Waals surface area (Å²) in [5.41, 5.74) is 1.80. The minimum Gasteiger partial charge on any atom is -0.207 e. The molecule has 20 heavy (non-hydrogen) atoms. The van der Waals surface area contributed by atoms with Gasteiger partial charge in [0.15, 0.2) is 11.6 Å². The highest BCUT2D eigenvalue weighted by molar-refractivity contribution is 7.89. The molecule has 0 radical (unpaired) electrons. The van der Waals surface area contributed by atoms with Crippen LogP contribution in [0.4, 0.5) is 8.78 Å². The summed E-state index contributed by atoms with van der Waals surface area (Å²) in [6, 6.07) is 9.81. The van der Waals surface area contributed by atoms with Crippen molar-refractivity contribution in [3.8, 4) is 0 Å². The van der Waals surface area contributed by atoms with E-state index in [1.54, 1.807) is 6.07 Å². The standard InChI is InChI=1S/C14H13F2NO2S/c1-10-3-2-4-11(7-10)9-17-20(18,19)12-5-6-13(15)14(16)8-12/h2-8,17H,9H2,1H3. The Balaban J connectivity index is 2.17. The highest BCUT2D eigenvalue weighted by Gasteiger charge is 2.16. The van der Waals surface area contributed by atoms with E-state index in [1.165, 1.54) is 0 Å². The van der Waals surface area contributed by atoms with Crippen molar-refractivity contribution < 1.29 is 17.2 Å². The van der Waals surface area contributed by atoms with E-state index >= 15 is 0 Å². The van der Waals surface area contributed by atoms with Crippen LogP contribution < -0.4 is 4.72 Å². The fourth-order valence-electron chi connectivity index (χ4n) is 1.73. The van der Waals surface area contributed by atoms with Gasteiger partial charge < -0.3 is 0 Å². The molecule has 0 amide bonds. The lowest BCUT2D eigenvalue weighted by Crippen LogP contribution is -2.23. The number of benzene rings is 2. The van der Waals surface area contributed by atoms with Crippen LogP contribution in [-0.4, -0.2) is 8.42 Å². The Hall–Kier alpha value is -1.79. The molecule has 6 heteroatoms. The third kappa shape index (κ3) is 3.40. The molecule has 106 valence electrons. The molecule has 2 aromatic rings. The fourth-order valence-corrected chi connectivity index (χ4v) is 2.76. The first-order chi connectivity index (χ1) is 9.38. The summed E-state index contributed by atoms with van der Waals surface area (Å²) in [7, 11) is -3.87. The quantitative estimate of drug-likeness (QED) is 0.943. The Kier molecular flexibility index (Phi) is 4.15. The zero-order valence-electron chi connectivity index (χ0n) is 10.7. The number of rotatable bonds is 4. The maximum atomic E-state index is 13.1. The summed E-state index contributed by atoms with van der Waals surface area (Å²) in [6.07, 6.45) is 0. The smallest absolute Gasteiger partial charge is 0.207 e. The van der Waals surface area contributed by atoms with Crippen molar-refractivity contribution in [3.05, 3.63) is 65.2 Å². The lowest BCUT2D eigenvalue weighted by Gasteiger charge is -2.07. The highest BCUT2D eigenvalue weighted by Crippen LogP contribution is 2.14. The minimum absolute atomic E-state index is 0.0863. The molecule has 0 heterocycles. The third-order valence-electron chi connectivity index (χ3n) is 2.75. The van der Waals surface area contributed by atoms with Crippen LogP contribution in [0, 0.1) is 18.6 Å². The van der Waals surface area contributed by atoms with Crippen molar-refractivity contribution >= 4 is 10.0 Å². The topological polar surface area (TPSA) is 46.2 Å². The first kappa shape index (κ1) is 14.6. The Bertz CT molecular complexity index is 730. The molecule has 0 aromatic heterocycles. The molecule has 2 aromatic carbocycles. The van der Waals surface area contributed by atoms with Gasteiger partial charge in [0.2, 0.25) is 10.0 Å². The summed E-state index contributed by atoms with van der Waals surface area (Å²) < 4.78 is 52.1. The second-order valence-electron chi connectivity index (χ2n) is 4.39. The molecule has 0 atom stereocenters. The summed E-state index contributed by atoms with van der Waals surface area (Å²) in [6.45, 7) is 1.98. The number of hydrogen-bond donors (Lipinski definition) is 1.